The first-order valence-corrected chi connectivity index (χ1v) is 6.95. The van der Waals surface area contributed by atoms with Gasteiger partial charge in [0.1, 0.15) is 0 Å². The van der Waals surface area contributed by atoms with Crippen LogP contribution >= 0.6 is 0 Å². The second-order valence-corrected chi connectivity index (χ2v) is 5.46. The van der Waals surface area contributed by atoms with Gasteiger partial charge in [-0.15, -0.1) is 0 Å². The third-order valence-electron chi connectivity index (χ3n) is 3.70. The minimum Gasteiger partial charge on any atom is -0.398 e. The van der Waals surface area contributed by atoms with Crippen LogP contribution in [0.1, 0.15) is 12.0 Å². The topological polar surface area (TPSA) is 67.6 Å². The summed E-state index contributed by atoms with van der Waals surface area (Å²) in [5.41, 5.74) is 8.31. The summed E-state index contributed by atoms with van der Waals surface area (Å²) >= 11 is 0. The van der Waals surface area contributed by atoms with Gasteiger partial charge in [-0.1, -0.05) is 6.07 Å². The Hall–Kier alpha value is -1.59. The third-order valence-corrected chi connectivity index (χ3v) is 3.70. The number of hydrogen-bond acceptors (Lipinski definition) is 4. The number of likely N-dealkylation sites (tertiary alicyclic amines) is 1. The Morgan fingerprint density at radius 3 is 3.05 bits per heavy atom. The molecule has 1 aliphatic rings. The van der Waals surface area contributed by atoms with E-state index in [1.54, 1.807) is 13.2 Å². The summed E-state index contributed by atoms with van der Waals surface area (Å²) in [5, 5.41) is 2.89. The molecule has 1 heterocycles. The number of amides is 1. The molecule has 1 aromatic carbocycles. The normalized spacial score (nSPS) is 19.2. The second kappa shape index (κ2) is 6.72. The van der Waals surface area contributed by atoms with Crippen LogP contribution in [0.3, 0.4) is 0 Å². The number of carbonyl (C=O) groups excluding carboxylic acids is 1. The molecule has 0 bridgehead atoms. The summed E-state index contributed by atoms with van der Waals surface area (Å²) in [4.78, 5) is 14.2. The molecule has 1 unspecified atom stereocenters. The summed E-state index contributed by atoms with van der Waals surface area (Å²) < 4.78 is 5.16. The molecule has 1 aromatic rings. The summed E-state index contributed by atoms with van der Waals surface area (Å²) in [7, 11) is 1.72. The highest BCUT2D eigenvalue weighted by Crippen LogP contribution is 2.18. The van der Waals surface area contributed by atoms with Crippen LogP contribution in [-0.2, 0) is 9.53 Å². The van der Waals surface area contributed by atoms with Gasteiger partial charge in [-0.2, -0.15) is 0 Å². The predicted molar refractivity (Wildman–Crippen MR) is 80.6 cm³/mol. The van der Waals surface area contributed by atoms with E-state index in [0.717, 1.165) is 37.4 Å². The number of rotatable bonds is 5. The number of nitrogen functional groups attached to an aromatic ring is 1. The first-order chi connectivity index (χ1) is 9.58. The van der Waals surface area contributed by atoms with Crippen LogP contribution in [0.25, 0.3) is 0 Å². The van der Waals surface area contributed by atoms with Crippen molar-refractivity contribution < 1.29 is 9.53 Å². The van der Waals surface area contributed by atoms with E-state index in [9.17, 15) is 4.79 Å². The zero-order valence-corrected chi connectivity index (χ0v) is 12.2. The Balaban J connectivity index is 1.82. The van der Waals surface area contributed by atoms with E-state index >= 15 is 0 Å². The van der Waals surface area contributed by atoms with Crippen molar-refractivity contribution >= 4 is 17.3 Å². The van der Waals surface area contributed by atoms with E-state index in [-0.39, 0.29) is 5.91 Å². The molecule has 1 aliphatic heterocycles. The van der Waals surface area contributed by atoms with Gasteiger partial charge < -0.3 is 15.8 Å². The highest BCUT2D eigenvalue weighted by Gasteiger charge is 2.23. The molecule has 5 nitrogen and oxygen atoms in total. The summed E-state index contributed by atoms with van der Waals surface area (Å²) in [6.45, 7) is 5.02. The number of hydrogen-bond donors (Lipinski definition) is 2. The van der Waals surface area contributed by atoms with Crippen molar-refractivity contribution in [2.24, 2.45) is 5.92 Å². The highest BCUT2D eigenvalue weighted by molar-refractivity contribution is 5.92. The first-order valence-electron chi connectivity index (χ1n) is 6.95. The van der Waals surface area contributed by atoms with Crippen molar-refractivity contribution in [2.75, 3.05) is 44.4 Å². The molecule has 0 radical (unpaired) electrons. The van der Waals surface area contributed by atoms with E-state index in [2.05, 4.69) is 10.2 Å². The highest BCUT2D eigenvalue weighted by atomic mass is 16.5. The van der Waals surface area contributed by atoms with E-state index in [1.807, 2.05) is 19.1 Å². The molecular formula is C15H23N3O2. The minimum absolute atomic E-state index is 0.00585. The number of carbonyl (C=O) groups is 1. The van der Waals surface area contributed by atoms with Gasteiger partial charge in [0.25, 0.3) is 0 Å². The Bertz CT molecular complexity index is 476. The molecule has 1 amide bonds. The molecular weight excluding hydrogens is 254 g/mol. The number of methoxy groups -OCH3 is 1. The van der Waals surface area contributed by atoms with Crippen LogP contribution in [-0.4, -0.2) is 44.2 Å². The molecule has 0 saturated carbocycles. The number of nitrogens with one attached hydrogen (secondary N) is 1. The molecule has 1 saturated heterocycles. The standard InChI is InChI=1S/C15H23N3O2/c1-11-3-4-13(7-14(11)16)17-15(19)9-18-6-5-12(8-18)10-20-2/h3-4,7,12H,5-6,8-10,16H2,1-2H3,(H,17,19). The number of benzene rings is 1. The molecule has 1 atom stereocenters. The van der Waals surface area contributed by atoms with Crippen LogP contribution < -0.4 is 11.1 Å². The molecule has 5 heteroatoms. The SMILES string of the molecule is COCC1CCN(CC(=O)Nc2ccc(C)c(N)c2)C1. The number of nitrogens with zero attached hydrogens (tertiary/aromatic N) is 1. The minimum atomic E-state index is 0.00585. The van der Waals surface area contributed by atoms with Gasteiger partial charge in [-0.05, 0) is 43.5 Å². The molecule has 2 rings (SSSR count). The average Bonchev–Trinajstić information content (AvgIpc) is 2.81. The average molecular weight is 277 g/mol. The summed E-state index contributed by atoms with van der Waals surface area (Å²) in [6, 6.07) is 5.58. The van der Waals surface area contributed by atoms with Crippen LogP contribution in [0, 0.1) is 12.8 Å². The van der Waals surface area contributed by atoms with Crippen molar-refractivity contribution in [1.29, 1.82) is 0 Å². The van der Waals surface area contributed by atoms with E-state index in [4.69, 9.17) is 10.5 Å². The number of ether oxygens (including phenoxy) is 1. The fraction of sp³-hybridized carbons (Fsp3) is 0.533. The smallest absolute Gasteiger partial charge is 0.238 e. The fourth-order valence-electron chi connectivity index (χ4n) is 2.55. The quantitative estimate of drug-likeness (QED) is 0.800. The molecule has 0 aliphatic carbocycles. The van der Waals surface area contributed by atoms with Gasteiger partial charge >= 0.3 is 0 Å². The third kappa shape index (κ3) is 3.95. The maximum absolute atomic E-state index is 12.0. The fourth-order valence-corrected chi connectivity index (χ4v) is 2.55. The molecule has 0 aromatic heterocycles. The van der Waals surface area contributed by atoms with Crippen molar-refractivity contribution in [3.8, 4) is 0 Å². The van der Waals surface area contributed by atoms with E-state index in [0.29, 0.717) is 18.2 Å². The van der Waals surface area contributed by atoms with Crippen LogP contribution in [0.2, 0.25) is 0 Å². The van der Waals surface area contributed by atoms with E-state index in [1.165, 1.54) is 0 Å². The van der Waals surface area contributed by atoms with Crippen molar-refractivity contribution in [1.82, 2.24) is 4.90 Å². The molecule has 3 N–H and O–H groups in total. The number of anilines is 2. The monoisotopic (exact) mass is 277 g/mol. The summed E-state index contributed by atoms with van der Waals surface area (Å²) in [5.74, 6) is 0.550. The zero-order valence-electron chi connectivity index (χ0n) is 12.2. The Morgan fingerprint density at radius 2 is 2.35 bits per heavy atom. The Labute approximate surface area is 120 Å². The maximum Gasteiger partial charge on any atom is 0.238 e. The number of nitrogens with two attached hydrogens (primary N) is 1. The maximum atomic E-state index is 12.0. The first kappa shape index (κ1) is 14.8. The predicted octanol–water partition coefficient (Wildman–Crippen LogP) is 1.48. The molecule has 20 heavy (non-hydrogen) atoms. The Kier molecular flexibility index (Phi) is 4.98. The summed E-state index contributed by atoms with van der Waals surface area (Å²) in [6.07, 6.45) is 1.10. The Morgan fingerprint density at radius 1 is 1.55 bits per heavy atom. The van der Waals surface area contributed by atoms with Crippen molar-refractivity contribution in [2.45, 2.75) is 13.3 Å². The van der Waals surface area contributed by atoms with Crippen molar-refractivity contribution in [3.05, 3.63) is 23.8 Å². The van der Waals surface area contributed by atoms with Crippen LogP contribution in [0.4, 0.5) is 11.4 Å². The van der Waals surface area contributed by atoms with Gasteiger partial charge in [0.2, 0.25) is 5.91 Å². The molecule has 0 spiro atoms. The van der Waals surface area contributed by atoms with Gasteiger partial charge in [0.05, 0.1) is 13.2 Å². The van der Waals surface area contributed by atoms with Crippen molar-refractivity contribution in [3.63, 3.8) is 0 Å². The zero-order chi connectivity index (χ0) is 14.5. The lowest BCUT2D eigenvalue weighted by atomic mass is 10.1. The van der Waals surface area contributed by atoms with E-state index < -0.39 is 0 Å². The lowest BCUT2D eigenvalue weighted by Gasteiger charge is -2.15. The van der Waals surface area contributed by atoms with Crippen LogP contribution in [0.15, 0.2) is 18.2 Å². The van der Waals surface area contributed by atoms with Gasteiger partial charge in [-0.3, -0.25) is 9.69 Å². The lowest BCUT2D eigenvalue weighted by molar-refractivity contribution is -0.117. The molecule has 1 fully saturated rings. The largest absolute Gasteiger partial charge is 0.398 e. The second-order valence-electron chi connectivity index (χ2n) is 5.46. The van der Waals surface area contributed by atoms with Crippen LogP contribution in [0.5, 0.6) is 0 Å². The molecule has 110 valence electrons. The van der Waals surface area contributed by atoms with Gasteiger partial charge in [0, 0.05) is 25.0 Å². The van der Waals surface area contributed by atoms with Gasteiger partial charge in [-0.25, -0.2) is 0 Å². The lowest BCUT2D eigenvalue weighted by Crippen LogP contribution is -2.32. The van der Waals surface area contributed by atoms with Gasteiger partial charge in [0.15, 0.2) is 0 Å². The number of aryl methyl sites for hydroxylation is 1.